The molecule has 0 saturated carbocycles. The molecule has 0 unspecified atom stereocenters. The average Bonchev–Trinajstić information content (AvgIpc) is 3.49. The van der Waals surface area contributed by atoms with Crippen molar-refractivity contribution in [3.8, 4) is 5.75 Å². The van der Waals surface area contributed by atoms with Crippen molar-refractivity contribution in [3.63, 3.8) is 0 Å². The molecule has 0 spiro atoms. The molecule has 0 fully saturated rings. The Bertz CT molecular complexity index is 1740. The number of carbonyl (C=O) groups excluding carboxylic acids is 1. The summed E-state index contributed by atoms with van der Waals surface area (Å²) >= 11 is 1.46. The van der Waals surface area contributed by atoms with E-state index in [9.17, 15) is 13.2 Å². The van der Waals surface area contributed by atoms with Gasteiger partial charge in [0.25, 0.3) is 15.9 Å². The van der Waals surface area contributed by atoms with Gasteiger partial charge in [-0.3, -0.25) is 14.8 Å². The highest BCUT2D eigenvalue weighted by molar-refractivity contribution is 7.92. The van der Waals surface area contributed by atoms with E-state index in [1.54, 1.807) is 36.4 Å². The Hall–Kier alpha value is -3.95. The van der Waals surface area contributed by atoms with E-state index in [0.29, 0.717) is 22.1 Å². The van der Waals surface area contributed by atoms with E-state index in [1.165, 1.54) is 47.1 Å². The van der Waals surface area contributed by atoms with Gasteiger partial charge in [-0.1, -0.05) is 29.5 Å². The van der Waals surface area contributed by atoms with Crippen molar-refractivity contribution in [2.45, 2.75) is 17.7 Å². The molecule has 5 aromatic rings. The average molecular weight is 516 g/mol. The molecular formula is C27H21N3O4S2. The maximum atomic E-state index is 12.9. The first kappa shape index (κ1) is 22.5. The van der Waals surface area contributed by atoms with Crippen LogP contribution in [0, 0.1) is 0 Å². The van der Waals surface area contributed by atoms with Crippen LogP contribution in [0.5, 0.6) is 5.75 Å². The van der Waals surface area contributed by atoms with Crippen molar-refractivity contribution >= 4 is 59.1 Å². The van der Waals surface area contributed by atoms with Gasteiger partial charge in [0.15, 0.2) is 5.13 Å². The molecule has 7 nitrogen and oxygen atoms in total. The third-order valence-electron chi connectivity index (χ3n) is 6.34. The number of ether oxygens (including phenoxy) is 1. The van der Waals surface area contributed by atoms with E-state index in [2.05, 4.69) is 34.3 Å². The molecule has 0 aliphatic heterocycles. The van der Waals surface area contributed by atoms with Crippen LogP contribution in [-0.4, -0.2) is 26.4 Å². The molecule has 1 amide bonds. The monoisotopic (exact) mass is 515 g/mol. The minimum atomic E-state index is -3.77. The first-order valence-corrected chi connectivity index (χ1v) is 13.6. The van der Waals surface area contributed by atoms with Crippen molar-refractivity contribution in [3.05, 3.63) is 89.5 Å². The molecular weight excluding hydrogens is 494 g/mol. The Morgan fingerprint density at radius 1 is 0.972 bits per heavy atom. The lowest BCUT2D eigenvalue weighted by Crippen LogP contribution is -2.14. The lowest BCUT2D eigenvalue weighted by Gasteiger charge is -2.09. The van der Waals surface area contributed by atoms with E-state index in [1.807, 2.05) is 0 Å². The quantitative estimate of drug-likeness (QED) is 0.306. The zero-order valence-corrected chi connectivity index (χ0v) is 20.9. The first-order chi connectivity index (χ1) is 17.4. The van der Waals surface area contributed by atoms with Crippen LogP contribution in [0.25, 0.3) is 21.0 Å². The number of hydrogen-bond donors (Lipinski definition) is 2. The van der Waals surface area contributed by atoms with Gasteiger partial charge in [0.2, 0.25) is 0 Å². The highest BCUT2D eigenvalue weighted by atomic mass is 32.2. The van der Waals surface area contributed by atoms with Crippen molar-refractivity contribution < 1.29 is 17.9 Å². The fraction of sp³-hybridized carbons (Fsp3) is 0.111. The van der Waals surface area contributed by atoms with Crippen LogP contribution in [0.2, 0.25) is 0 Å². The second-order valence-electron chi connectivity index (χ2n) is 8.55. The van der Waals surface area contributed by atoms with Crippen LogP contribution >= 0.6 is 11.3 Å². The third kappa shape index (κ3) is 3.96. The Balaban J connectivity index is 1.20. The molecule has 0 atom stereocenters. The van der Waals surface area contributed by atoms with Gasteiger partial charge < -0.3 is 4.74 Å². The second kappa shape index (κ2) is 8.61. The van der Waals surface area contributed by atoms with Crippen LogP contribution in [-0.2, 0) is 22.9 Å². The number of sulfonamides is 1. The van der Waals surface area contributed by atoms with Crippen molar-refractivity contribution in [1.29, 1.82) is 0 Å². The number of anilines is 2. The van der Waals surface area contributed by atoms with E-state index in [0.717, 1.165) is 28.4 Å². The highest BCUT2D eigenvalue weighted by Crippen LogP contribution is 2.39. The molecule has 180 valence electrons. The van der Waals surface area contributed by atoms with Crippen molar-refractivity contribution in [2.75, 3.05) is 17.1 Å². The predicted molar refractivity (Wildman–Crippen MR) is 143 cm³/mol. The third-order valence-corrected chi connectivity index (χ3v) is 8.65. The summed E-state index contributed by atoms with van der Waals surface area (Å²) in [4.78, 5) is 17.7. The number of amides is 1. The van der Waals surface area contributed by atoms with Crippen LogP contribution in [0.15, 0.2) is 77.7 Å². The molecule has 4 aromatic carbocycles. The number of aryl methyl sites for hydroxylation is 2. The molecule has 1 aliphatic carbocycles. The number of nitrogens with zero attached hydrogens (tertiary/aromatic N) is 1. The number of hydrogen-bond acceptors (Lipinski definition) is 6. The minimum absolute atomic E-state index is 0.114. The van der Waals surface area contributed by atoms with Crippen molar-refractivity contribution in [2.24, 2.45) is 0 Å². The number of carbonyl (C=O) groups is 1. The minimum Gasteiger partial charge on any atom is -0.497 e. The Kier molecular flexibility index (Phi) is 5.39. The lowest BCUT2D eigenvalue weighted by molar-refractivity contribution is 0.102. The fourth-order valence-electron chi connectivity index (χ4n) is 4.59. The largest absolute Gasteiger partial charge is 0.497 e. The Morgan fingerprint density at radius 3 is 2.47 bits per heavy atom. The maximum absolute atomic E-state index is 12.9. The molecule has 0 bridgehead atoms. The number of fused-ring (bicyclic) bond motifs is 2. The van der Waals surface area contributed by atoms with Gasteiger partial charge >= 0.3 is 0 Å². The van der Waals surface area contributed by atoms with Gasteiger partial charge in [0.05, 0.1) is 22.2 Å². The summed E-state index contributed by atoms with van der Waals surface area (Å²) in [5, 5.41) is 5.84. The fourth-order valence-corrected chi connectivity index (χ4v) is 6.59. The number of thiazole rings is 1. The molecule has 1 heterocycles. The van der Waals surface area contributed by atoms with Gasteiger partial charge in [0.1, 0.15) is 5.75 Å². The second-order valence-corrected chi connectivity index (χ2v) is 11.3. The van der Waals surface area contributed by atoms with E-state index < -0.39 is 10.0 Å². The molecule has 0 radical (unpaired) electrons. The maximum Gasteiger partial charge on any atom is 0.261 e. The summed E-state index contributed by atoms with van der Waals surface area (Å²) < 4.78 is 33.9. The van der Waals surface area contributed by atoms with Crippen molar-refractivity contribution in [1.82, 2.24) is 4.98 Å². The van der Waals surface area contributed by atoms with Gasteiger partial charge in [-0.05, 0) is 84.0 Å². The Morgan fingerprint density at radius 2 is 1.72 bits per heavy atom. The molecule has 6 rings (SSSR count). The SMILES string of the molecule is COc1ccc(S(=O)(=O)Nc2ccc(C(=O)Nc3nc4c(cc5c6c(cccc64)CC5)s3)cc2)cc1. The summed E-state index contributed by atoms with van der Waals surface area (Å²) in [6, 6.07) is 20.9. The molecule has 0 saturated heterocycles. The summed E-state index contributed by atoms with van der Waals surface area (Å²) in [6.45, 7) is 0. The standard InChI is InChI=1S/C27H21N3O4S2/c1-34-20-11-13-21(14-12-20)36(32,33)30-19-9-7-17(8-10-19)26(31)29-27-28-25-22-4-2-3-16-5-6-18(24(16)22)15-23(25)35-27/h2-4,7-15,30H,5-6H2,1H3,(H,28,29,31). The highest BCUT2D eigenvalue weighted by Gasteiger charge is 2.19. The molecule has 1 aromatic heterocycles. The number of benzene rings is 4. The predicted octanol–water partition coefficient (Wildman–Crippen LogP) is 5.61. The zero-order valence-electron chi connectivity index (χ0n) is 19.2. The van der Waals surface area contributed by atoms with Gasteiger partial charge in [0, 0.05) is 16.6 Å². The number of methoxy groups -OCH3 is 1. The van der Waals surface area contributed by atoms with Crippen LogP contribution in [0.3, 0.4) is 0 Å². The molecule has 9 heteroatoms. The van der Waals surface area contributed by atoms with Gasteiger partial charge in [-0.2, -0.15) is 0 Å². The topological polar surface area (TPSA) is 97.4 Å². The number of aromatic nitrogens is 1. The molecule has 1 aliphatic rings. The summed E-state index contributed by atoms with van der Waals surface area (Å²) in [5.41, 5.74) is 4.34. The Labute approximate surface area is 211 Å². The van der Waals surface area contributed by atoms with Gasteiger partial charge in [-0.15, -0.1) is 0 Å². The van der Waals surface area contributed by atoms with E-state index in [-0.39, 0.29) is 10.8 Å². The lowest BCUT2D eigenvalue weighted by atomic mass is 10.0. The summed E-state index contributed by atoms with van der Waals surface area (Å²) in [7, 11) is -2.25. The molecule has 2 N–H and O–H groups in total. The summed E-state index contributed by atoms with van der Waals surface area (Å²) in [5.74, 6) is 0.259. The zero-order chi connectivity index (χ0) is 24.9. The number of nitrogens with one attached hydrogen (secondary N) is 2. The normalized spacial score (nSPS) is 12.7. The van der Waals surface area contributed by atoms with Crippen LogP contribution < -0.4 is 14.8 Å². The van der Waals surface area contributed by atoms with E-state index >= 15 is 0 Å². The van der Waals surface area contributed by atoms with Crippen LogP contribution in [0.4, 0.5) is 10.8 Å². The summed E-state index contributed by atoms with van der Waals surface area (Å²) in [6.07, 6.45) is 2.08. The smallest absolute Gasteiger partial charge is 0.261 e. The van der Waals surface area contributed by atoms with Crippen LogP contribution in [0.1, 0.15) is 21.5 Å². The van der Waals surface area contributed by atoms with Gasteiger partial charge in [-0.25, -0.2) is 13.4 Å². The number of rotatable bonds is 6. The first-order valence-electron chi connectivity index (χ1n) is 11.3. The molecule has 36 heavy (non-hydrogen) atoms. The van der Waals surface area contributed by atoms with E-state index in [4.69, 9.17) is 9.72 Å².